The van der Waals surface area contributed by atoms with Crippen molar-refractivity contribution in [3.05, 3.63) is 54.1 Å². The molecule has 1 aromatic carbocycles. The minimum atomic E-state index is 0.00574. The Hall–Kier alpha value is -0.640. The first kappa shape index (κ1) is 13.8. The maximum Gasteiger partial charge on any atom is 0.204 e. The number of rotatable bonds is 2. The standard InChI is InChI=1S/C14H12BrClOS/c1-7-5-11(15)8(2)4-10(7)13(17)14-12(16)9(3)6-18-14/h4-6H,1-3H3. The Morgan fingerprint density at radius 1 is 1.17 bits per heavy atom. The lowest BCUT2D eigenvalue weighted by molar-refractivity contribution is 0.104. The molecule has 0 N–H and O–H groups in total. The van der Waals surface area contributed by atoms with Gasteiger partial charge in [-0.3, -0.25) is 4.79 Å². The zero-order chi connectivity index (χ0) is 13.4. The van der Waals surface area contributed by atoms with Crippen LogP contribution in [-0.2, 0) is 0 Å². The molecule has 94 valence electrons. The number of benzene rings is 1. The fourth-order valence-electron chi connectivity index (χ4n) is 1.73. The van der Waals surface area contributed by atoms with Crippen LogP contribution in [0.2, 0.25) is 5.02 Å². The van der Waals surface area contributed by atoms with E-state index in [1.165, 1.54) is 11.3 Å². The monoisotopic (exact) mass is 342 g/mol. The molecule has 1 heterocycles. The average molecular weight is 344 g/mol. The molecule has 0 spiro atoms. The molecule has 1 aromatic heterocycles. The van der Waals surface area contributed by atoms with E-state index in [0.717, 1.165) is 26.7 Å². The first-order chi connectivity index (χ1) is 8.41. The van der Waals surface area contributed by atoms with Gasteiger partial charge < -0.3 is 0 Å². The summed E-state index contributed by atoms with van der Waals surface area (Å²) in [4.78, 5) is 13.1. The summed E-state index contributed by atoms with van der Waals surface area (Å²) < 4.78 is 1.02. The Morgan fingerprint density at radius 3 is 2.39 bits per heavy atom. The molecule has 2 aromatic rings. The van der Waals surface area contributed by atoms with Crippen LogP contribution < -0.4 is 0 Å². The van der Waals surface area contributed by atoms with Crippen LogP contribution in [0.25, 0.3) is 0 Å². The predicted molar refractivity (Wildman–Crippen MR) is 81.1 cm³/mol. The Morgan fingerprint density at radius 2 is 1.83 bits per heavy atom. The first-order valence-electron chi connectivity index (χ1n) is 5.47. The summed E-state index contributed by atoms with van der Waals surface area (Å²) in [6.45, 7) is 5.82. The van der Waals surface area contributed by atoms with Crippen LogP contribution >= 0.6 is 38.9 Å². The van der Waals surface area contributed by atoms with Crippen molar-refractivity contribution < 1.29 is 4.79 Å². The van der Waals surface area contributed by atoms with Crippen LogP contribution in [0.4, 0.5) is 0 Å². The van der Waals surface area contributed by atoms with Crippen LogP contribution in [0.5, 0.6) is 0 Å². The van der Waals surface area contributed by atoms with Crippen LogP contribution in [0.1, 0.15) is 31.9 Å². The largest absolute Gasteiger partial charge is 0.288 e. The lowest BCUT2D eigenvalue weighted by Gasteiger charge is -2.07. The van der Waals surface area contributed by atoms with E-state index in [4.69, 9.17) is 11.6 Å². The second kappa shape index (κ2) is 5.16. The minimum Gasteiger partial charge on any atom is -0.288 e. The summed E-state index contributed by atoms with van der Waals surface area (Å²) in [5.41, 5.74) is 3.68. The Labute approximate surface area is 124 Å². The molecule has 0 amide bonds. The highest BCUT2D eigenvalue weighted by atomic mass is 79.9. The number of hydrogen-bond acceptors (Lipinski definition) is 2. The fourth-order valence-corrected chi connectivity index (χ4v) is 3.42. The number of ketones is 1. The first-order valence-corrected chi connectivity index (χ1v) is 7.52. The van der Waals surface area contributed by atoms with Crippen molar-refractivity contribution >= 4 is 44.7 Å². The highest BCUT2D eigenvalue weighted by molar-refractivity contribution is 9.10. The maximum absolute atomic E-state index is 12.5. The summed E-state index contributed by atoms with van der Waals surface area (Å²) >= 11 is 11.0. The molecular weight excluding hydrogens is 332 g/mol. The van der Waals surface area contributed by atoms with Crippen molar-refractivity contribution in [2.45, 2.75) is 20.8 Å². The molecule has 0 aliphatic heterocycles. The van der Waals surface area contributed by atoms with Gasteiger partial charge in [0.2, 0.25) is 5.78 Å². The molecule has 4 heteroatoms. The van der Waals surface area contributed by atoms with Crippen LogP contribution in [0.15, 0.2) is 22.0 Å². The topological polar surface area (TPSA) is 17.1 Å². The Kier molecular flexibility index (Phi) is 3.95. The number of halogens is 2. The fraction of sp³-hybridized carbons (Fsp3) is 0.214. The molecule has 18 heavy (non-hydrogen) atoms. The van der Waals surface area contributed by atoms with Gasteiger partial charge in [-0.05, 0) is 55.0 Å². The second-order valence-corrected chi connectivity index (χ2v) is 6.42. The van der Waals surface area contributed by atoms with Gasteiger partial charge in [-0.15, -0.1) is 11.3 Å². The van der Waals surface area contributed by atoms with Crippen LogP contribution in [-0.4, -0.2) is 5.78 Å². The van der Waals surface area contributed by atoms with Gasteiger partial charge in [0.1, 0.15) is 0 Å². The summed E-state index contributed by atoms with van der Waals surface area (Å²) in [7, 11) is 0. The molecule has 2 rings (SSSR count). The maximum atomic E-state index is 12.5. The SMILES string of the molecule is Cc1cc(C(=O)c2scc(C)c2Cl)c(C)cc1Br. The smallest absolute Gasteiger partial charge is 0.204 e. The molecule has 0 aliphatic carbocycles. The summed E-state index contributed by atoms with van der Waals surface area (Å²) in [5.74, 6) is 0.00574. The van der Waals surface area contributed by atoms with E-state index in [1.54, 1.807) is 0 Å². The Bertz CT molecular complexity index is 631. The number of thiophene rings is 1. The molecule has 0 saturated carbocycles. The van der Waals surface area contributed by atoms with Gasteiger partial charge in [0, 0.05) is 10.0 Å². The van der Waals surface area contributed by atoms with E-state index < -0.39 is 0 Å². The van der Waals surface area contributed by atoms with Crippen LogP contribution in [0, 0.1) is 20.8 Å². The Balaban J connectivity index is 2.53. The van der Waals surface area contributed by atoms with Crippen molar-refractivity contribution in [1.29, 1.82) is 0 Å². The molecule has 0 saturated heterocycles. The number of carbonyl (C=O) groups excluding carboxylic acids is 1. The average Bonchev–Trinajstić information content (AvgIpc) is 2.64. The van der Waals surface area contributed by atoms with E-state index in [0.29, 0.717) is 9.90 Å². The third kappa shape index (κ3) is 2.40. The van der Waals surface area contributed by atoms with Gasteiger partial charge in [0.05, 0.1) is 9.90 Å². The van der Waals surface area contributed by atoms with E-state index in [9.17, 15) is 4.79 Å². The molecule has 0 fully saturated rings. The summed E-state index contributed by atoms with van der Waals surface area (Å²) in [5, 5.41) is 2.49. The van der Waals surface area contributed by atoms with E-state index in [1.807, 2.05) is 38.3 Å². The third-order valence-electron chi connectivity index (χ3n) is 2.86. The molecule has 0 radical (unpaired) electrons. The van der Waals surface area contributed by atoms with Crippen molar-refractivity contribution in [2.24, 2.45) is 0 Å². The number of aryl methyl sites for hydroxylation is 3. The van der Waals surface area contributed by atoms with Crippen LogP contribution in [0.3, 0.4) is 0 Å². The lowest BCUT2D eigenvalue weighted by Crippen LogP contribution is -2.03. The predicted octanol–water partition coefficient (Wildman–Crippen LogP) is 5.32. The van der Waals surface area contributed by atoms with Gasteiger partial charge in [0.25, 0.3) is 0 Å². The molecule has 0 aliphatic rings. The molecule has 0 unspecified atom stereocenters. The van der Waals surface area contributed by atoms with Gasteiger partial charge in [-0.1, -0.05) is 27.5 Å². The van der Waals surface area contributed by atoms with Crippen molar-refractivity contribution in [1.82, 2.24) is 0 Å². The highest BCUT2D eigenvalue weighted by Gasteiger charge is 2.18. The summed E-state index contributed by atoms with van der Waals surface area (Å²) in [6, 6.07) is 3.88. The molecule has 0 bridgehead atoms. The van der Waals surface area contributed by atoms with Crippen molar-refractivity contribution in [3.8, 4) is 0 Å². The number of hydrogen-bond donors (Lipinski definition) is 0. The number of carbonyl (C=O) groups is 1. The van der Waals surface area contributed by atoms with Gasteiger partial charge in [-0.25, -0.2) is 0 Å². The highest BCUT2D eigenvalue weighted by Crippen LogP contribution is 2.31. The van der Waals surface area contributed by atoms with Crippen molar-refractivity contribution in [2.75, 3.05) is 0 Å². The van der Waals surface area contributed by atoms with E-state index >= 15 is 0 Å². The quantitative estimate of drug-likeness (QED) is 0.674. The lowest BCUT2D eigenvalue weighted by atomic mass is 10.0. The molecule has 0 atom stereocenters. The van der Waals surface area contributed by atoms with Gasteiger partial charge in [0.15, 0.2) is 0 Å². The normalized spacial score (nSPS) is 10.7. The van der Waals surface area contributed by atoms with E-state index in [-0.39, 0.29) is 5.78 Å². The van der Waals surface area contributed by atoms with Gasteiger partial charge >= 0.3 is 0 Å². The second-order valence-electron chi connectivity index (χ2n) is 4.31. The van der Waals surface area contributed by atoms with Crippen molar-refractivity contribution in [3.63, 3.8) is 0 Å². The summed E-state index contributed by atoms with van der Waals surface area (Å²) in [6.07, 6.45) is 0. The molecular formula is C14H12BrClOS. The zero-order valence-corrected chi connectivity index (χ0v) is 13.5. The minimum absolute atomic E-state index is 0.00574. The zero-order valence-electron chi connectivity index (χ0n) is 10.3. The molecule has 1 nitrogen and oxygen atoms in total. The van der Waals surface area contributed by atoms with E-state index in [2.05, 4.69) is 15.9 Å². The third-order valence-corrected chi connectivity index (χ3v) is 5.41. The van der Waals surface area contributed by atoms with Gasteiger partial charge in [-0.2, -0.15) is 0 Å².